The number of amides is 1. The molecule has 1 heterocycles. The van der Waals surface area contributed by atoms with Crippen molar-refractivity contribution in [1.82, 2.24) is 4.57 Å². The minimum Gasteiger partial charge on any atom is -0.368 e. The van der Waals surface area contributed by atoms with Crippen molar-refractivity contribution in [2.24, 2.45) is 5.73 Å². The number of aromatic nitrogens is 1. The lowest BCUT2D eigenvalue weighted by Crippen LogP contribution is -2.27. The number of rotatable bonds is 2. The van der Waals surface area contributed by atoms with Crippen LogP contribution in [0, 0.1) is 3.57 Å². The number of pyridine rings is 1. The summed E-state index contributed by atoms with van der Waals surface area (Å²) in [5.41, 5.74) is 4.73. The van der Waals surface area contributed by atoms with Crippen LogP contribution in [-0.2, 0) is 11.3 Å². The SMILES string of the molecule is NC(=O)Cn1cc(I)ccc1=O. The molecule has 4 nitrogen and oxygen atoms in total. The molecule has 1 aromatic heterocycles. The number of hydrogen-bond donors (Lipinski definition) is 1. The molecule has 0 fully saturated rings. The van der Waals surface area contributed by atoms with E-state index in [1.807, 2.05) is 0 Å². The summed E-state index contributed by atoms with van der Waals surface area (Å²) < 4.78 is 2.18. The van der Waals surface area contributed by atoms with Gasteiger partial charge in [-0.3, -0.25) is 9.59 Å². The standard InChI is InChI=1S/C7H7IN2O2/c8-5-1-2-7(12)10(3-5)4-6(9)11/h1-3H,4H2,(H2,9,11). The average Bonchev–Trinajstić information content (AvgIpc) is 1.96. The van der Waals surface area contributed by atoms with E-state index in [1.165, 1.54) is 10.6 Å². The Bertz CT molecular complexity index is 359. The van der Waals surface area contributed by atoms with Gasteiger partial charge in [0.25, 0.3) is 5.56 Å². The highest BCUT2D eigenvalue weighted by atomic mass is 127. The van der Waals surface area contributed by atoms with Crippen molar-refractivity contribution in [3.8, 4) is 0 Å². The van der Waals surface area contributed by atoms with Crippen LogP contribution < -0.4 is 11.3 Å². The van der Waals surface area contributed by atoms with Gasteiger partial charge in [-0.15, -0.1) is 0 Å². The maximum absolute atomic E-state index is 11.1. The van der Waals surface area contributed by atoms with E-state index >= 15 is 0 Å². The van der Waals surface area contributed by atoms with Crippen molar-refractivity contribution in [1.29, 1.82) is 0 Å². The van der Waals surface area contributed by atoms with Crippen molar-refractivity contribution in [3.05, 3.63) is 32.3 Å². The number of halogens is 1. The van der Waals surface area contributed by atoms with Crippen molar-refractivity contribution in [3.63, 3.8) is 0 Å². The van der Waals surface area contributed by atoms with Crippen LogP contribution in [0.25, 0.3) is 0 Å². The quantitative estimate of drug-likeness (QED) is 0.770. The lowest BCUT2D eigenvalue weighted by atomic mass is 10.4. The molecule has 64 valence electrons. The fourth-order valence-corrected chi connectivity index (χ4v) is 1.31. The maximum Gasteiger partial charge on any atom is 0.251 e. The Balaban J connectivity index is 3.06. The molecule has 2 N–H and O–H groups in total. The van der Waals surface area contributed by atoms with E-state index in [4.69, 9.17) is 5.73 Å². The molecular weight excluding hydrogens is 271 g/mol. The van der Waals surface area contributed by atoms with E-state index in [0.717, 1.165) is 3.57 Å². The van der Waals surface area contributed by atoms with Crippen LogP contribution in [0.15, 0.2) is 23.1 Å². The first-order chi connectivity index (χ1) is 5.59. The minimum absolute atomic E-state index is 0.0598. The first-order valence-corrected chi connectivity index (χ1v) is 4.32. The van der Waals surface area contributed by atoms with Crippen LogP contribution in [0.4, 0.5) is 0 Å². The zero-order valence-corrected chi connectivity index (χ0v) is 8.32. The Morgan fingerprint density at radius 2 is 2.25 bits per heavy atom. The van der Waals surface area contributed by atoms with E-state index in [1.54, 1.807) is 12.3 Å². The summed E-state index contributed by atoms with van der Waals surface area (Å²) >= 11 is 2.06. The molecule has 0 spiro atoms. The molecular formula is C7H7IN2O2. The van der Waals surface area contributed by atoms with E-state index < -0.39 is 5.91 Å². The molecule has 12 heavy (non-hydrogen) atoms. The van der Waals surface area contributed by atoms with E-state index in [-0.39, 0.29) is 12.1 Å². The first-order valence-electron chi connectivity index (χ1n) is 3.24. The van der Waals surface area contributed by atoms with Gasteiger partial charge in [0.15, 0.2) is 0 Å². The number of primary amides is 1. The van der Waals surface area contributed by atoms with Gasteiger partial charge in [0.05, 0.1) is 0 Å². The minimum atomic E-state index is -0.515. The van der Waals surface area contributed by atoms with Gasteiger partial charge in [0.2, 0.25) is 5.91 Å². The third-order valence-corrected chi connectivity index (χ3v) is 1.91. The van der Waals surface area contributed by atoms with Crippen LogP contribution in [-0.4, -0.2) is 10.5 Å². The Morgan fingerprint density at radius 3 is 2.83 bits per heavy atom. The highest BCUT2D eigenvalue weighted by molar-refractivity contribution is 14.1. The van der Waals surface area contributed by atoms with Crippen molar-refractivity contribution in [2.45, 2.75) is 6.54 Å². The fourth-order valence-electron chi connectivity index (χ4n) is 0.794. The third-order valence-electron chi connectivity index (χ3n) is 1.27. The number of hydrogen-bond acceptors (Lipinski definition) is 2. The molecule has 0 saturated carbocycles. The van der Waals surface area contributed by atoms with Crippen molar-refractivity contribution in [2.75, 3.05) is 0 Å². The number of nitrogens with zero attached hydrogens (tertiary/aromatic N) is 1. The van der Waals surface area contributed by atoms with E-state index in [2.05, 4.69) is 22.6 Å². The normalized spacial score (nSPS) is 9.75. The molecule has 5 heteroatoms. The van der Waals surface area contributed by atoms with Gasteiger partial charge in [-0.05, 0) is 28.7 Å². The van der Waals surface area contributed by atoms with Gasteiger partial charge < -0.3 is 10.3 Å². The Hall–Kier alpha value is -0.850. The predicted octanol–water partition coefficient (Wildman–Crippen LogP) is -0.0618. The summed E-state index contributed by atoms with van der Waals surface area (Å²) in [5, 5.41) is 0. The third kappa shape index (κ3) is 2.33. The van der Waals surface area contributed by atoms with Crippen LogP contribution >= 0.6 is 22.6 Å². The lowest BCUT2D eigenvalue weighted by molar-refractivity contribution is -0.118. The predicted molar refractivity (Wildman–Crippen MR) is 52.6 cm³/mol. The molecule has 0 saturated heterocycles. The maximum atomic E-state index is 11.1. The molecule has 0 bridgehead atoms. The summed E-state index contributed by atoms with van der Waals surface area (Å²) in [6, 6.07) is 3.09. The zero-order valence-electron chi connectivity index (χ0n) is 6.16. The molecule has 0 unspecified atom stereocenters. The molecule has 0 radical (unpaired) electrons. The van der Waals surface area contributed by atoms with Gasteiger partial charge in [-0.2, -0.15) is 0 Å². The number of nitrogens with two attached hydrogens (primary N) is 1. The summed E-state index contributed by atoms with van der Waals surface area (Å²) in [4.78, 5) is 21.6. The van der Waals surface area contributed by atoms with E-state index in [0.29, 0.717) is 0 Å². The van der Waals surface area contributed by atoms with Gasteiger partial charge in [0.1, 0.15) is 6.54 Å². The second-order valence-electron chi connectivity index (χ2n) is 2.28. The largest absolute Gasteiger partial charge is 0.368 e. The fraction of sp³-hybridized carbons (Fsp3) is 0.143. The molecule has 0 aliphatic rings. The molecule has 0 aliphatic carbocycles. The summed E-state index contributed by atoms with van der Waals surface area (Å²) in [6.45, 7) is -0.0598. The Kier molecular flexibility index (Phi) is 2.85. The molecule has 0 atom stereocenters. The lowest BCUT2D eigenvalue weighted by Gasteiger charge is -2.01. The summed E-state index contributed by atoms with van der Waals surface area (Å²) in [6.07, 6.45) is 1.59. The molecule has 0 aliphatic heterocycles. The molecule has 1 amide bonds. The van der Waals surface area contributed by atoms with Gasteiger partial charge in [0, 0.05) is 15.8 Å². The highest BCUT2D eigenvalue weighted by Gasteiger charge is 1.99. The van der Waals surface area contributed by atoms with Crippen LogP contribution in [0.5, 0.6) is 0 Å². The van der Waals surface area contributed by atoms with Crippen LogP contribution in [0.2, 0.25) is 0 Å². The van der Waals surface area contributed by atoms with Crippen molar-refractivity contribution >= 4 is 28.5 Å². The zero-order chi connectivity index (χ0) is 9.14. The average molecular weight is 278 g/mol. The van der Waals surface area contributed by atoms with Gasteiger partial charge >= 0.3 is 0 Å². The monoisotopic (exact) mass is 278 g/mol. The van der Waals surface area contributed by atoms with Crippen LogP contribution in [0.3, 0.4) is 0 Å². The number of carbonyl (C=O) groups excluding carboxylic acids is 1. The number of carbonyl (C=O) groups is 1. The van der Waals surface area contributed by atoms with E-state index in [9.17, 15) is 9.59 Å². The Labute approximate surface area is 82.5 Å². The first kappa shape index (κ1) is 9.24. The second kappa shape index (κ2) is 3.70. The molecule has 0 aromatic carbocycles. The summed E-state index contributed by atoms with van der Waals surface area (Å²) in [5.74, 6) is -0.515. The molecule has 1 aromatic rings. The topological polar surface area (TPSA) is 65.1 Å². The Morgan fingerprint density at radius 1 is 1.58 bits per heavy atom. The van der Waals surface area contributed by atoms with Gasteiger partial charge in [-0.1, -0.05) is 0 Å². The summed E-state index contributed by atoms with van der Waals surface area (Å²) in [7, 11) is 0. The smallest absolute Gasteiger partial charge is 0.251 e. The molecule has 1 rings (SSSR count). The van der Waals surface area contributed by atoms with Crippen LogP contribution in [0.1, 0.15) is 0 Å². The highest BCUT2D eigenvalue weighted by Crippen LogP contribution is 1.98. The second-order valence-corrected chi connectivity index (χ2v) is 3.53. The van der Waals surface area contributed by atoms with Crippen molar-refractivity contribution < 1.29 is 4.79 Å². The van der Waals surface area contributed by atoms with Gasteiger partial charge in [-0.25, -0.2) is 0 Å².